The summed E-state index contributed by atoms with van der Waals surface area (Å²) in [7, 11) is 0. The van der Waals surface area contributed by atoms with E-state index < -0.39 is 6.10 Å². The van der Waals surface area contributed by atoms with E-state index in [1.165, 1.54) is 10.9 Å². The molecule has 0 radical (unpaired) electrons. The molecule has 0 bridgehead atoms. The average Bonchev–Trinajstić information content (AvgIpc) is 3.03. The molecule has 3 atom stereocenters. The molecule has 2 rings (SSSR count). The van der Waals surface area contributed by atoms with Gasteiger partial charge in [-0.15, -0.1) is 0 Å². The minimum atomic E-state index is -0.882. The van der Waals surface area contributed by atoms with Gasteiger partial charge in [0.1, 0.15) is 0 Å². The molecule has 0 aliphatic heterocycles. The molecule has 1 aliphatic rings. The number of hydrogen-bond donors (Lipinski definition) is 3. The predicted octanol–water partition coefficient (Wildman–Crippen LogP) is 0.950. The number of nitrogens with one attached hydrogen (secondary N) is 1. The third-order valence-electron chi connectivity index (χ3n) is 5.28. The lowest BCUT2D eigenvalue weighted by atomic mass is 9.58. The molecule has 1 aromatic rings. The second-order valence-electron chi connectivity index (χ2n) is 6.43. The van der Waals surface area contributed by atoms with Gasteiger partial charge >= 0.3 is 0 Å². The summed E-state index contributed by atoms with van der Waals surface area (Å²) in [4.78, 5) is 12.5. The Labute approximate surface area is 143 Å². The minimum Gasteiger partial charge on any atom is -0.394 e. The van der Waals surface area contributed by atoms with Gasteiger partial charge in [0.25, 0.3) is 5.91 Å². The number of carbonyl (C=O) groups excluding carboxylic acids is 1. The van der Waals surface area contributed by atoms with Crippen LogP contribution in [-0.2, 0) is 11.3 Å². The van der Waals surface area contributed by atoms with Crippen LogP contribution in [-0.4, -0.2) is 57.4 Å². The molecule has 3 unspecified atom stereocenters. The van der Waals surface area contributed by atoms with E-state index in [-0.39, 0.29) is 36.6 Å². The van der Waals surface area contributed by atoms with Gasteiger partial charge < -0.3 is 20.3 Å². The number of hydrogen-bond acceptors (Lipinski definition) is 5. The zero-order chi connectivity index (χ0) is 17.7. The van der Waals surface area contributed by atoms with Crippen molar-refractivity contribution in [3.05, 3.63) is 18.0 Å². The molecule has 136 valence electrons. The van der Waals surface area contributed by atoms with Crippen molar-refractivity contribution in [2.45, 2.75) is 64.8 Å². The van der Waals surface area contributed by atoms with Crippen molar-refractivity contribution in [3.8, 4) is 0 Å². The number of aromatic nitrogens is 2. The zero-order valence-corrected chi connectivity index (χ0v) is 14.7. The minimum absolute atomic E-state index is 0.00521. The molecular formula is C17H29N3O4. The van der Waals surface area contributed by atoms with Crippen molar-refractivity contribution in [1.82, 2.24) is 15.1 Å². The van der Waals surface area contributed by atoms with Crippen LogP contribution in [0.2, 0.25) is 0 Å². The third-order valence-corrected chi connectivity index (χ3v) is 5.28. The van der Waals surface area contributed by atoms with Gasteiger partial charge in [-0.05, 0) is 26.2 Å². The first kappa shape index (κ1) is 18.9. The van der Waals surface area contributed by atoms with E-state index in [0.29, 0.717) is 12.2 Å². The fourth-order valence-electron chi connectivity index (χ4n) is 3.68. The normalized spacial score (nSPS) is 23.5. The van der Waals surface area contributed by atoms with Crippen molar-refractivity contribution < 1.29 is 19.7 Å². The van der Waals surface area contributed by atoms with Gasteiger partial charge in [-0.1, -0.05) is 13.8 Å². The number of carbonyl (C=O) groups is 1. The maximum absolute atomic E-state index is 12.5. The molecule has 1 aliphatic carbocycles. The van der Waals surface area contributed by atoms with Crippen LogP contribution >= 0.6 is 0 Å². The fraction of sp³-hybridized carbons (Fsp3) is 0.765. The van der Waals surface area contributed by atoms with Crippen molar-refractivity contribution in [2.24, 2.45) is 5.41 Å². The summed E-state index contributed by atoms with van der Waals surface area (Å²) in [6.45, 7) is 6.79. The van der Waals surface area contributed by atoms with Crippen molar-refractivity contribution in [2.75, 3.05) is 13.2 Å². The summed E-state index contributed by atoms with van der Waals surface area (Å²) in [5, 5.41) is 25.5. The molecule has 1 fully saturated rings. The molecule has 7 nitrogen and oxygen atoms in total. The molecule has 0 saturated heterocycles. The highest BCUT2D eigenvalue weighted by Crippen LogP contribution is 2.48. The second-order valence-corrected chi connectivity index (χ2v) is 6.43. The van der Waals surface area contributed by atoms with Crippen LogP contribution in [0.4, 0.5) is 0 Å². The van der Waals surface area contributed by atoms with Gasteiger partial charge in [-0.3, -0.25) is 9.48 Å². The molecule has 3 N–H and O–H groups in total. The monoisotopic (exact) mass is 339 g/mol. The summed E-state index contributed by atoms with van der Waals surface area (Å²) in [6.07, 6.45) is 5.14. The first-order valence-electron chi connectivity index (χ1n) is 8.74. The van der Waals surface area contributed by atoms with E-state index in [4.69, 9.17) is 9.84 Å². The molecule has 7 heteroatoms. The molecule has 1 amide bonds. The predicted molar refractivity (Wildman–Crippen MR) is 89.6 cm³/mol. The number of ether oxygens (including phenoxy) is 1. The second kappa shape index (κ2) is 8.09. The summed E-state index contributed by atoms with van der Waals surface area (Å²) in [5.74, 6) is -0.161. The highest BCUT2D eigenvalue weighted by Gasteiger charge is 2.53. The molecule has 1 aromatic heterocycles. The van der Waals surface area contributed by atoms with E-state index in [9.17, 15) is 9.90 Å². The smallest absolute Gasteiger partial charge is 0.254 e. The first-order valence-corrected chi connectivity index (χ1v) is 8.74. The Morgan fingerprint density at radius 3 is 2.79 bits per heavy atom. The topological polar surface area (TPSA) is 96.6 Å². The zero-order valence-electron chi connectivity index (χ0n) is 14.7. The Morgan fingerprint density at radius 2 is 2.21 bits per heavy atom. The molecule has 0 spiro atoms. The van der Waals surface area contributed by atoms with E-state index in [1.54, 1.807) is 6.20 Å². The lowest BCUT2D eigenvalue weighted by Gasteiger charge is -2.55. The highest BCUT2D eigenvalue weighted by molar-refractivity contribution is 5.94. The summed E-state index contributed by atoms with van der Waals surface area (Å²) in [6, 6.07) is 0.0999. The van der Waals surface area contributed by atoms with E-state index >= 15 is 0 Å². The van der Waals surface area contributed by atoms with Crippen molar-refractivity contribution >= 4 is 5.91 Å². The number of amides is 1. The quantitative estimate of drug-likeness (QED) is 0.622. The summed E-state index contributed by atoms with van der Waals surface area (Å²) >= 11 is 0. The number of aliphatic hydroxyl groups excluding tert-OH is 2. The molecule has 1 heterocycles. The first-order chi connectivity index (χ1) is 11.5. The Kier molecular flexibility index (Phi) is 6.37. The summed E-state index contributed by atoms with van der Waals surface area (Å²) in [5.41, 5.74) is 0.454. The van der Waals surface area contributed by atoms with Crippen LogP contribution in [0.25, 0.3) is 0 Å². The van der Waals surface area contributed by atoms with Gasteiger partial charge in [0.15, 0.2) is 0 Å². The SMILES string of the molecule is CCOC1CC(NC(=O)c2cnn(CC(O)CO)c2)C1(CC)CC. The average molecular weight is 339 g/mol. The maximum Gasteiger partial charge on any atom is 0.254 e. The van der Waals surface area contributed by atoms with E-state index in [1.807, 2.05) is 6.92 Å². The van der Waals surface area contributed by atoms with Crippen LogP contribution in [0.15, 0.2) is 12.4 Å². The largest absolute Gasteiger partial charge is 0.394 e. The molecule has 0 aromatic carbocycles. The number of aliphatic hydroxyl groups is 2. The number of rotatable bonds is 9. The molecule has 1 saturated carbocycles. The van der Waals surface area contributed by atoms with Crippen LogP contribution in [0.1, 0.15) is 50.4 Å². The van der Waals surface area contributed by atoms with Crippen molar-refractivity contribution in [1.29, 1.82) is 0 Å². The van der Waals surface area contributed by atoms with Gasteiger partial charge in [0, 0.05) is 24.3 Å². The maximum atomic E-state index is 12.5. The van der Waals surface area contributed by atoms with Crippen LogP contribution in [0.3, 0.4) is 0 Å². The van der Waals surface area contributed by atoms with Gasteiger partial charge in [-0.25, -0.2) is 0 Å². The van der Waals surface area contributed by atoms with Crippen LogP contribution < -0.4 is 5.32 Å². The van der Waals surface area contributed by atoms with Crippen molar-refractivity contribution in [3.63, 3.8) is 0 Å². The lowest BCUT2D eigenvalue weighted by Crippen LogP contribution is -2.64. The standard InChI is InChI=1S/C17H29N3O4/c1-4-17(5-2)14(7-15(17)24-6-3)19-16(23)12-8-18-20(9-12)10-13(22)11-21/h8-9,13-15,21-22H,4-7,10-11H2,1-3H3,(H,19,23). The number of nitrogens with zero attached hydrogens (tertiary/aromatic N) is 2. The van der Waals surface area contributed by atoms with Crippen LogP contribution in [0, 0.1) is 5.41 Å². The third kappa shape index (κ3) is 3.63. The fourth-order valence-corrected chi connectivity index (χ4v) is 3.68. The molecule has 24 heavy (non-hydrogen) atoms. The van der Waals surface area contributed by atoms with E-state index in [0.717, 1.165) is 19.3 Å². The van der Waals surface area contributed by atoms with E-state index in [2.05, 4.69) is 24.3 Å². The Balaban J connectivity index is 1.99. The van der Waals surface area contributed by atoms with Gasteiger partial charge in [0.05, 0.1) is 37.1 Å². The Hall–Kier alpha value is -1.44. The molecular weight excluding hydrogens is 310 g/mol. The highest BCUT2D eigenvalue weighted by atomic mass is 16.5. The Morgan fingerprint density at radius 1 is 1.50 bits per heavy atom. The Bertz CT molecular complexity index is 542. The lowest BCUT2D eigenvalue weighted by molar-refractivity contribution is -0.134. The van der Waals surface area contributed by atoms with Crippen LogP contribution in [0.5, 0.6) is 0 Å². The van der Waals surface area contributed by atoms with Gasteiger partial charge in [0.2, 0.25) is 0 Å². The van der Waals surface area contributed by atoms with Gasteiger partial charge in [-0.2, -0.15) is 5.10 Å². The summed E-state index contributed by atoms with van der Waals surface area (Å²) < 4.78 is 7.30.